The largest absolute Gasteiger partial charge is 0.366 e. The molecule has 1 saturated heterocycles. The van der Waals surface area contributed by atoms with Crippen LogP contribution in [-0.2, 0) is 4.79 Å². The Labute approximate surface area is 162 Å². The molecule has 2 aromatic rings. The van der Waals surface area contributed by atoms with Gasteiger partial charge >= 0.3 is 0 Å². The average molecular weight is 387 g/mol. The van der Waals surface area contributed by atoms with E-state index in [1.54, 1.807) is 18.2 Å². The number of carbonyl (C=O) groups is 2. The first-order chi connectivity index (χ1) is 12.5. The zero-order valence-electron chi connectivity index (χ0n) is 14.5. The number of halogens is 1. The zero-order valence-corrected chi connectivity index (χ0v) is 16.1. The molecule has 1 heterocycles. The number of hydrogen-bond acceptors (Lipinski definition) is 4. The van der Waals surface area contributed by atoms with Gasteiger partial charge in [0.05, 0.1) is 22.3 Å². The van der Waals surface area contributed by atoms with E-state index in [-0.39, 0.29) is 17.8 Å². The summed E-state index contributed by atoms with van der Waals surface area (Å²) in [6, 6.07) is 15.2. The Kier molecular flexibility index (Phi) is 5.69. The van der Waals surface area contributed by atoms with Crippen LogP contribution in [0.2, 0.25) is 5.02 Å². The van der Waals surface area contributed by atoms with Crippen molar-refractivity contribution >= 4 is 46.3 Å². The van der Waals surface area contributed by atoms with E-state index in [4.69, 9.17) is 11.6 Å². The number of hydrogen-bond donors (Lipinski definition) is 1. The lowest BCUT2D eigenvalue weighted by molar-refractivity contribution is -0.122. The van der Waals surface area contributed by atoms with E-state index in [1.807, 2.05) is 36.4 Å². The predicted molar refractivity (Wildman–Crippen MR) is 108 cm³/mol. The summed E-state index contributed by atoms with van der Waals surface area (Å²) in [6.45, 7) is 4.34. The molecule has 0 spiro atoms. The number of nitrogens with zero attached hydrogens (tertiary/aromatic N) is 1. The number of rotatable bonds is 5. The van der Waals surface area contributed by atoms with Gasteiger partial charge in [0.25, 0.3) is 11.1 Å². The molecule has 26 heavy (non-hydrogen) atoms. The zero-order chi connectivity index (χ0) is 18.7. The summed E-state index contributed by atoms with van der Waals surface area (Å²) in [5.74, 6) is 0.152. The monoisotopic (exact) mass is 386 g/mol. The van der Waals surface area contributed by atoms with Crippen molar-refractivity contribution in [1.82, 2.24) is 4.90 Å². The van der Waals surface area contributed by atoms with Crippen LogP contribution in [0.15, 0.2) is 53.4 Å². The molecule has 0 aromatic heterocycles. The normalized spacial score (nSPS) is 16.0. The molecule has 4 nitrogen and oxygen atoms in total. The van der Waals surface area contributed by atoms with Crippen molar-refractivity contribution in [3.05, 3.63) is 69.6 Å². The predicted octanol–water partition coefficient (Wildman–Crippen LogP) is 5.57. The van der Waals surface area contributed by atoms with Crippen LogP contribution >= 0.6 is 23.4 Å². The molecular weight excluding hydrogens is 368 g/mol. The van der Waals surface area contributed by atoms with Crippen molar-refractivity contribution in [3.63, 3.8) is 0 Å². The molecule has 2 aromatic carbocycles. The summed E-state index contributed by atoms with van der Waals surface area (Å²) >= 11 is 7.04. The standard InChI is InChI=1S/C20H19ClN2O2S/c1-13(2)15-9-7-14(8-10-15)11-18-19(24)23(20(25)26-18)12-22-17-6-4-3-5-16(17)21/h3-11,13,22H,12H2,1-2H3. The highest BCUT2D eigenvalue weighted by molar-refractivity contribution is 8.18. The van der Waals surface area contributed by atoms with Crippen LogP contribution in [0.3, 0.4) is 0 Å². The maximum Gasteiger partial charge on any atom is 0.295 e. The second kappa shape index (κ2) is 7.98. The van der Waals surface area contributed by atoms with Gasteiger partial charge in [0, 0.05) is 0 Å². The van der Waals surface area contributed by atoms with Gasteiger partial charge in [-0.05, 0) is 47.0 Å². The molecular formula is C20H19ClN2O2S. The number of anilines is 1. The van der Waals surface area contributed by atoms with Crippen molar-refractivity contribution in [1.29, 1.82) is 0 Å². The SMILES string of the molecule is CC(C)c1ccc(C=C2SC(=O)N(CNc3ccccc3Cl)C2=O)cc1. The molecule has 1 aliphatic rings. The van der Waals surface area contributed by atoms with Gasteiger partial charge < -0.3 is 5.32 Å². The van der Waals surface area contributed by atoms with Crippen LogP contribution in [0, 0.1) is 0 Å². The van der Waals surface area contributed by atoms with Gasteiger partial charge in [-0.3, -0.25) is 14.5 Å². The molecule has 3 rings (SSSR count). The van der Waals surface area contributed by atoms with Gasteiger partial charge in [0.15, 0.2) is 0 Å². The van der Waals surface area contributed by atoms with E-state index in [0.29, 0.717) is 21.5 Å². The Morgan fingerprint density at radius 2 is 1.81 bits per heavy atom. The van der Waals surface area contributed by atoms with E-state index in [0.717, 1.165) is 17.3 Å². The number of nitrogens with one attached hydrogen (secondary N) is 1. The fourth-order valence-electron chi connectivity index (χ4n) is 2.53. The Balaban J connectivity index is 1.71. The molecule has 2 amide bonds. The molecule has 1 fully saturated rings. The quantitative estimate of drug-likeness (QED) is 0.682. The highest BCUT2D eigenvalue weighted by Gasteiger charge is 2.34. The summed E-state index contributed by atoms with van der Waals surface area (Å²) in [4.78, 5) is 26.3. The van der Waals surface area contributed by atoms with Crippen LogP contribution in [0.4, 0.5) is 10.5 Å². The van der Waals surface area contributed by atoms with Gasteiger partial charge in [-0.25, -0.2) is 0 Å². The number of thioether (sulfide) groups is 1. The van der Waals surface area contributed by atoms with Crippen LogP contribution in [-0.4, -0.2) is 22.7 Å². The summed E-state index contributed by atoms with van der Waals surface area (Å²) in [5, 5.41) is 3.28. The Hall–Kier alpha value is -2.24. The van der Waals surface area contributed by atoms with Gasteiger partial charge in [0.1, 0.15) is 0 Å². The van der Waals surface area contributed by atoms with E-state index >= 15 is 0 Å². The number of amides is 2. The van der Waals surface area contributed by atoms with E-state index < -0.39 is 0 Å². The van der Waals surface area contributed by atoms with Gasteiger partial charge in [0.2, 0.25) is 0 Å². The minimum absolute atomic E-state index is 0.0814. The maximum absolute atomic E-state index is 12.5. The molecule has 1 N–H and O–H groups in total. The van der Waals surface area contributed by atoms with Gasteiger partial charge in [-0.15, -0.1) is 0 Å². The van der Waals surface area contributed by atoms with Gasteiger partial charge in [-0.2, -0.15) is 0 Å². The molecule has 0 bridgehead atoms. The minimum Gasteiger partial charge on any atom is -0.366 e. The van der Waals surface area contributed by atoms with Crippen molar-refractivity contribution in [2.45, 2.75) is 19.8 Å². The van der Waals surface area contributed by atoms with Crippen LogP contribution in [0.25, 0.3) is 6.08 Å². The van der Waals surface area contributed by atoms with E-state index in [1.165, 1.54) is 10.5 Å². The highest BCUT2D eigenvalue weighted by Crippen LogP contribution is 2.32. The smallest absolute Gasteiger partial charge is 0.295 e. The van der Waals surface area contributed by atoms with Crippen LogP contribution in [0.1, 0.15) is 30.9 Å². The third-order valence-corrected chi connectivity index (χ3v) is 5.31. The third-order valence-electron chi connectivity index (χ3n) is 4.08. The third kappa shape index (κ3) is 4.11. The topological polar surface area (TPSA) is 49.4 Å². The highest BCUT2D eigenvalue weighted by atomic mass is 35.5. The molecule has 0 unspecified atom stereocenters. The number of carbonyl (C=O) groups excluding carboxylic acids is 2. The number of para-hydroxylation sites is 1. The fraction of sp³-hybridized carbons (Fsp3) is 0.200. The first-order valence-corrected chi connectivity index (χ1v) is 9.49. The average Bonchev–Trinajstić information content (AvgIpc) is 2.88. The van der Waals surface area contributed by atoms with Crippen molar-refractivity contribution < 1.29 is 9.59 Å². The van der Waals surface area contributed by atoms with Gasteiger partial charge in [-0.1, -0.05) is 61.8 Å². The van der Waals surface area contributed by atoms with Crippen molar-refractivity contribution in [2.75, 3.05) is 12.0 Å². The Morgan fingerprint density at radius 3 is 2.46 bits per heavy atom. The second-order valence-electron chi connectivity index (χ2n) is 6.25. The molecule has 0 saturated carbocycles. The minimum atomic E-state index is -0.299. The first-order valence-electron chi connectivity index (χ1n) is 8.29. The molecule has 0 aliphatic carbocycles. The van der Waals surface area contributed by atoms with E-state index in [2.05, 4.69) is 19.2 Å². The summed E-state index contributed by atoms with van der Waals surface area (Å²) in [5.41, 5.74) is 2.82. The maximum atomic E-state index is 12.5. The number of imide groups is 1. The number of benzene rings is 2. The second-order valence-corrected chi connectivity index (χ2v) is 7.65. The fourth-order valence-corrected chi connectivity index (χ4v) is 3.57. The molecule has 6 heteroatoms. The molecule has 0 atom stereocenters. The Morgan fingerprint density at radius 1 is 1.12 bits per heavy atom. The molecule has 1 aliphatic heterocycles. The summed E-state index contributed by atoms with van der Waals surface area (Å²) < 4.78 is 0. The van der Waals surface area contributed by atoms with Crippen LogP contribution < -0.4 is 5.32 Å². The lowest BCUT2D eigenvalue weighted by atomic mass is 10.0. The van der Waals surface area contributed by atoms with E-state index in [9.17, 15) is 9.59 Å². The summed E-state index contributed by atoms with van der Waals surface area (Å²) in [7, 11) is 0. The molecule has 134 valence electrons. The first kappa shape index (κ1) is 18.5. The molecule has 0 radical (unpaired) electrons. The Bertz CT molecular complexity index is 862. The lowest BCUT2D eigenvalue weighted by Gasteiger charge is -2.15. The summed E-state index contributed by atoms with van der Waals surface area (Å²) in [6.07, 6.45) is 1.75. The lowest BCUT2D eigenvalue weighted by Crippen LogP contribution is -2.33. The van der Waals surface area contributed by atoms with Crippen molar-refractivity contribution in [2.24, 2.45) is 0 Å². The van der Waals surface area contributed by atoms with Crippen LogP contribution in [0.5, 0.6) is 0 Å². The van der Waals surface area contributed by atoms with Crippen molar-refractivity contribution in [3.8, 4) is 0 Å².